The number of carbonyl (C=O) groups is 3. The first-order valence-corrected chi connectivity index (χ1v) is 7.17. The predicted octanol–water partition coefficient (Wildman–Crippen LogP) is 0.0162. The molecule has 3 heterocycles. The second-order valence-corrected chi connectivity index (χ2v) is 5.19. The number of hydrogen-bond donors (Lipinski definition) is 0. The first-order chi connectivity index (χ1) is 10.6. The number of hydrogen-bond acceptors (Lipinski definition) is 5. The summed E-state index contributed by atoms with van der Waals surface area (Å²) in [6, 6.07) is 3.29. The number of piperazine rings is 1. The highest BCUT2D eigenvalue weighted by Crippen LogP contribution is 2.10. The topological polar surface area (TPSA) is 83.3 Å². The molecule has 2 aliphatic heterocycles. The highest BCUT2D eigenvalue weighted by Gasteiger charge is 2.29. The SMILES string of the molecule is O=C(CN1CCOC1=O)N1CCN(C(=O)c2ccco2)CC1. The van der Waals surface area contributed by atoms with Crippen LogP contribution in [0.15, 0.2) is 22.8 Å². The molecule has 0 saturated carbocycles. The minimum atomic E-state index is -0.444. The van der Waals surface area contributed by atoms with Crippen molar-refractivity contribution in [3.8, 4) is 0 Å². The quantitative estimate of drug-likeness (QED) is 0.786. The summed E-state index contributed by atoms with van der Waals surface area (Å²) in [5.74, 6) is 0.0174. The molecule has 0 aliphatic carbocycles. The summed E-state index contributed by atoms with van der Waals surface area (Å²) in [5, 5.41) is 0. The van der Waals surface area contributed by atoms with Crippen LogP contribution in [0.1, 0.15) is 10.6 Å². The zero-order valence-corrected chi connectivity index (χ0v) is 12.1. The molecule has 118 valence electrons. The molecule has 0 unspecified atom stereocenters. The fraction of sp³-hybridized carbons (Fsp3) is 0.500. The van der Waals surface area contributed by atoms with Crippen molar-refractivity contribution < 1.29 is 23.5 Å². The fourth-order valence-corrected chi connectivity index (χ4v) is 2.55. The fourth-order valence-electron chi connectivity index (χ4n) is 2.55. The Kier molecular flexibility index (Phi) is 3.99. The van der Waals surface area contributed by atoms with Gasteiger partial charge in [-0.05, 0) is 12.1 Å². The van der Waals surface area contributed by atoms with Crippen LogP contribution in [0.2, 0.25) is 0 Å². The zero-order valence-electron chi connectivity index (χ0n) is 12.1. The van der Waals surface area contributed by atoms with Crippen LogP contribution < -0.4 is 0 Å². The number of ether oxygens (including phenoxy) is 1. The number of carbonyl (C=O) groups excluding carboxylic acids is 3. The van der Waals surface area contributed by atoms with Crippen molar-refractivity contribution in [2.24, 2.45) is 0 Å². The third kappa shape index (κ3) is 2.90. The van der Waals surface area contributed by atoms with Crippen LogP contribution in [0, 0.1) is 0 Å². The predicted molar refractivity (Wildman–Crippen MR) is 74.1 cm³/mol. The maximum atomic E-state index is 12.2. The Morgan fingerprint density at radius 3 is 2.41 bits per heavy atom. The minimum Gasteiger partial charge on any atom is -0.459 e. The lowest BCUT2D eigenvalue weighted by Gasteiger charge is -2.34. The lowest BCUT2D eigenvalue weighted by Crippen LogP contribution is -2.52. The van der Waals surface area contributed by atoms with Crippen molar-refractivity contribution >= 4 is 17.9 Å². The van der Waals surface area contributed by atoms with Gasteiger partial charge in [0.15, 0.2) is 5.76 Å². The maximum absolute atomic E-state index is 12.2. The molecule has 0 spiro atoms. The summed E-state index contributed by atoms with van der Waals surface area (Å²) in [4.78, 5) is 40.3. The molecule has 0 atom stereocenters. The van der Waals surface area contributed by atoms with Gasteiger partial charge < -0.3 is 19.0 Å². The normalized spacial score (nSPS) is 18.5. The van der Waals surface area contributed by atoms with Crippen LogP contribution >= 0.6 is 0 Å². The average molecular weight is 307 g/mol. The smallest absolute Gasteiger partial charge is 0.410 e. The molecule has 2 saturated heterocycles. The molecule has 0 N–H and O–H groups in total. The Labute approximate surface area is 127 Å². The Morgan fingerprint density at radius 1 is 1.09 bits per heavy atom. The number of rotatable bonds is 3. The van der Waals surface area contributed by atoms with Crippen LogP contribution in [-0.4, -0.2) is 78.5 Å². The maximum Gasteiger partial charge on any atom is 0.410 e. The van der Waals surface area contributed by atoms with E-state index in [2.05, 4.69) is 0 Å². The van der Waals surface area contributed by atoms with Gasteiger partial charge in [-0.1, -0.05) is 0 Å². The lowest BCUT2D eigenvalue weighted by molar-refractivity contribution is -0.133. The van der Waals surface area contributed by atoms with E-state index >= 15 is 0 Å². The van der Waals surface area contributed by atoms with Crippen LogP contribution in [0.3, 0.4) is 0 Å². The van der Waals surface area contributed by atoms with Crippen LogP contribution in [0.25, 0.3) is 0 Å². The van der Waals surface area contributed by atoms with Crippen molar-refractivity contribution in [2.45, 2.75) is 0 Å². The van der Waals surface area contributed by atoms with Crippen molar-refractivity contribution in [3.63, 3.8) is 0 Å². The second kappa shape index (κ2) is 6.08. The van der Waals surface area contributed by atoms with Gasteiger partial charge >= 0.3 is 6.09 Å². The van der Waals surface area contributed by atoms with Gasteiger partial charge in [0, 0.05) is 26.2 Å². The molecular weight excluding hydrogens is 290 g/mol. The van der Waals surface area contributed by atoms with E-state index in [1.165, 1.54) is 11.2 Å². The van der Waals surface area contributed by atoms with Gasteiger partial charge in [-0.25, -0.2) is 4.79 Å². The largest absolute Gasteiger partial charge is 0.459 e. The van der Waals surface area contributed by atoms with Gasteiger partial charge in [0.2, 0.25) is 5.91 Å². The molecule has 22 heavy (non-hydrogen) atoms. The molecule has 2 aliphatic rings. The van der Waals surface area contributed by atoms with Crippen LogP contribution in [0.5, 0.6) is 0 Å². The molecule has 1 aromatic heterocycles. The van der Waals surface area contributed by atoms with Crippen LogP contribution in [0.4, 0.5) is 4.79 Å². The Hall–Kier alpha value is -2.51. The molecule has 3 amide bonds. The van der Waals surface area contributed by atoms with Gasteiger partial charge in [0.1, 0.15) is 13.2 Å². The Morgan fingerprint density at radius 2 is 1.82 bits per heavy atom. The molecule has 1 aromatic rings. The van der Waals surface area contributed by atoms with Crippen molar-refractivity contribution in [3.05, 3.63) is 24.2 Å². The van der Waals surface area contributed by atoms with Crippen LogP contribution in [-0.2, 0) is 9.53 Å². The van der Waals surface area contributed by atoms with Crippen molar-refractivity contribution in [1.82, 2.24) is 14.7 Å². The molecule has 8 heteroatoms. The first kappa shape index (κ1) is 14.4. The monoisotopic (exact) mass is 307 g/mol. The lowest BCUT2D eigenvalue weighted by atomic mass is 10.2. The summed E-state index contributed by atoms with van der Waals surface area (Å²) in [7, 11) is 0. The van der Waals surface area contributed by atoms with Gasteiger partial charge in [0.25, 0.3) is 5.91 Å². The average Bonchev–Trinajstić information content (AvgIpc) is 3.19. The standard InChI is InChI=1S/C14H17N3O5/c18-12(10-17-7-9-22-14(17)20)15-3-5-16(6-4-15)13(19)11-2-1-8-21-11/h1-2,8H,3-7,9-10H2. The van der Waals surface area contributed by atoms with Gasteiger partial charge in [-0.15, -0.1) is 0 Å². The number of cyclic esters (lactones) is 1. The Bertz CT molecular complexity index is 563. The van der Waals surface area contributed by atoms with E-state index in [1.807, 2.05) is 0 Å². The van der Waals surface area contributed by atoms with Crippen molar-refractivity contribution in [1.29, 1.82) is 0 Å². The highest BCUT2D eigenvalue weighted by molar-refractivity contribution is 5.91. The molecule has 0 radical (unpaired) electrons. The van der Waals surface area contributed by atoms with E-state index in [9.17, 15) is 14.4 Å². The summed E-state index contributed by atoms with van der Waals surface area (Å²) < 4.78 is 9.89. The second-order valence-electron chi connectivity index (χ2n) is 5.19. The zero-order chi connectivity index (χ0) is 15.5. The van der Waals surface area contributed by atoms with Gasteiger partial charge in [0.05, 0.1) is 12.8 Å². The van der Waals surface area contributed by atoms with E-state index in [1.54, 1.807) is 21.9 Å². The summed E-state index contributed by atoms with van der Waals surface area (Å²) in [6.07, 6.45) is 1.02. The van der Waals surface area contributed by atoms with Crippen molar-refractivity contribution in [2.75, 3.05) is 45.9 Å². The third-order valence-corrected chi connectivity index (χ3v) is 3.82. The molecule has 0 bridgehead atoms. The van der Waals surface area contributed by atoms with E-state index < -0.39 is 6.09 Å². The Balaban J connectivity index is 1.50. The first-order valence-electron chi connectivity index (χ1n) is 7.17. The molecular formula is C14H17N3O5. The third-order valence-electron chi connectivity index (χ3n) is 3.82. The van der Waals surface area contributed by atoms with E-state index in [0.29, 0.717) is 45.1 Å². The molecule has 3 rings (SSSR count). The van der Waals surface area contributed by atoms with Gasteiger partial charge in [-0.2, -0.15) is 0 Å². The minimum absolute atomic E-state index is 0.0327. The van der Waals surface area contributed by atoms with E-state index in [-0.39, 0.29) is 18.4 Å². The summed E-state index contributed by atoms with van der Waals surface area (Å²) >= 11 is 0. The van der Waals surface area contributed by atoms with E-state index in [4.69, 9.17) is 9.15 Å². The van der Waals surface area contributed by atoms with Gasteiger partial charge in [-0.3, -0.25) is 14.5 Å². The molecule has 2 fully saturated rings. The number of nitrogens with zero attached hydrogens (tertiary/aromatic N) is 3. The van der Waals surface area contributed by atoms with E-state index in [0.717, 1.165) is 0 Å². The summed E-state index contributed by atoms with van der Waals surface area (Å²) in [5.41, 5.74) is 0. The number of amides is 3. The number of furan rings is 1. The summed E-state index contributed by atoms with van der Waals surface area (Å²) in [6.45, 7) is 2.62. The molecule has 8 nitrogen and oxygen atoms in total. The molecule has 0 aromatic carbocycles. The highest BCUT2D eigenvalue weighted by atomic mass is 16.6.